The second-order valence-corrected chi connectivity index (χ2v) is 5.09. The third kappa shape index (κ3) is 3.79. The molecule has 0 unspecified atom stereocenters. The minimum absolute atomic E-state index is 0.130. The van der Waals surface area contributed by atoms with Gasteiger partial charge in [-0.1, -0.05) is 24.9 Å². The molecule has 1 amide bonds. The van der Waals surface area contributed by atoms with Gasteiger partial charge in [-0.2, -0.15) is 0 Å². The van der Waals surface area contributed by atoms with Crippen molar-refractivity contribution >= 4 is 23.6 Å². The number of halogens is 1. The number of fused-ring (bicyclic) bond motifs is 1. The van der Waals surface area contributed by atoms with E-state index in [1.165, 1.54) is 6.26 Å². The van der Waals surface area contributed by atoms with Crippen molar-refractivity contribution in [1.29, 1.82) is 0 Å². The van der Waals surface area contributed by atoms with Crippen LogP contribution in [-0.4, -0.2) is 19.6 Å². The Morgan fingerprint density at radius 3 is 2.95 bits per heavy atom. The number of benzene rings is 1. The maximum atomic E-state index is 12.1. The van der Waals surface area contributed by atoms with Crippen molar-refractivity contribution in [3.05, 3.63) is 40.6 Å². The maximum absolute atomic E-state index is 12.1. The highest BCUT2D eigenvalue weighted by atomic mass is 35.5. The van der Waals surface area contributed by atoms with Crippen LogP contribution in [0.4, 0.5) is 0 Å². The van der Waals surface area contributed by atoms with E-state index in [0.29, 0.717) is 34.2 Å². The topological polar surface area (TPSA) is 47.6 Å². The van der Waals surface area contributed by atoms with Crippen molar-refractivity contribution in [2.75, 3.05) is 13.7 Å². The molecule has 4 nitrogen and oxygen atoms in total. The smallest absolute Gasteiger partial charge is 0.251 e. The van der Waals surface area contributed by atoms with E-state index in [1.807, 2.05) is 0 Å². The van der Waals surface area contributed by atoms with Crippen LogP contribution in [-0.2, 0) is 4.79 Å². The van der Waals surface area contributed by atoms with Crippen LogP contribution in [0.1, 0.15) is 25.3 Å². The molecule has 0 aliphatic carbocycles. The highest BCUT2D eigenvalue weighted by molar-refractivity contribution is 6.31. The van der Waals surface area contributed by atoms with E-state index >= 15 is 0 Å². The lowest BCUT2D eigenvalue weighted by Crippen LogP contribution is -2.25. The van der Waals surface area contributed by atoms with E-state index in [2.05, 4.69) is 12.2 Å². The Hall–Kier alpha value is -1.94. The molecule has 1 aromatic rings. The van der Waals surface area contributed by atoms with Crippen molar-refractivity contribution in [1.82, 2.24) is 5.32 Å². The van der Waals surface area contributed by atoms with Crippen molar-refractivity contribution in [3.8, 4) is 11.5 Å². The molecule has 1 aliphatic heterocycles. The number of carbonyl (C=O) groups excluding carboxylic acids is 1. The van der Waals surface area contributed by atoms with Crippen LogP contribution in [0.15, 0.2) is 30.0 Å². The zero-order chi connectivity index (χ0) is 15.2. The highest BCUT2D eigenvalue weighted by Gasteiger charge is 2.16. The molecule has 0 radical (unpaired) electrons. The number of ether oxygens (including phenoxy) is 2. The molecule has 112 valence electrons. The Morgan fingerprint density at radius 1 is 1.43 bits per heavy atom. The molecule has 1 N–H and O–H groups in total. The molecule has 2 rings (SSSR count). The van der Waals surface area contributed by atoms with E-state index in [4.69, 9.17) is 21.1 Å². The molecule has 1 heterocycles. The van der Waals surface area contributed by atoms with E-state index in [9.17, 15) is 4.79 Å². The number of rotatable bonds is 5. The molecule has 0 bridgehead atoms. The summed E-state index contributed by atoms with van der Waals surface area (Å²) in [7, 11) is 1.55. The lowest BCUT2D eigenvalue weighted by atomic mass is 10.1. The van der Waals surface area contributed by atoms with Crippen LogP contribution in [0.3, 0.4) is 0 Å². The van der Waals surface area contributed by atoms with Gasteiger partial charge in [-0.3, -0.25) is 4.79 Å². The Bertz CT molecular complexity index is 593. The van der Waals surface area contributed by atoms with Gasteiger partial charge in [-0.15, -0.1) is 0 Å². The quantitative estimate of drug-likeness (QED) is 0.846. The predicted molar refractivity (Wildman–Crippen MR) is 83.7 cm³/mol. The number of unbranched alkanes of at least 4 members (excludes halogenated alkanes) is 1. The SMILES string of the molecule is CCCCNC(=O)C1=Cc2cc(Cl)cc(OC)c2OC=C1. The monoisotopic (exact) mass is 307 g/mol. The second-order valence-electron chi connectivity index (χ2n) is 4.66. The van der Waals surface area contributed by atoms with E-state index in [-0.39, 0.29) is 5.91 Å². The van der Waals surface area contributed by atoms with Crippen LogP contribution in [0.5, 0.6) is 11.5 Å². The van der Waals surface area contributed by atoms with Crippen molar-refractivity contribution in [3.63, 3.8) is 0 Å². The Morgan fingerprint density at radius 2 is 2.24 bits per heavy atom. The Labute approximate surface area is 129 Å². The van der Waals surface area contributed by atoms with Crippen LogP contribution < -0.4 is 14.8 Å². The molecule has 21 heavy (non-hydrogen) atoms. The molecule has 0 fully saturated rings. The molecular weight excluding hydrogens is 290 g/mol. The first-order valence-corrected chi connectivity index (χ1v) is 7.24. The lowest BCUT2D eigenvalue weighted by Gasteiger charge is -2.10. The third-order valence-corrected chi connectivity index (χ3v) is 3.31. The molecule has 1 aliphatic rings. The average molecular weight is 308 g/mol. The standard InChI is InChI=1S/C16H18ClNO3/c1-3-4-6-18-16(19)11-5-7-21-15-12(8-11)9-13(17)10-14(15)20-2/h5,7-10H,3-4,6H2,1-2H3,(H,18,19). The summed E-state index contributed by atoms with van der Waals surface area (Å²) in [6, 6.07) is 3.42. The normalized spacial score (nSPS) is 12.8. The average Bonchev–Trinajstić information content (AvgIpc) is 2.68. The summed E-state index contributed by atoms with van der Waals surface area (Å²) in [5.74, 6) is 0.954. The fourth-order valence-electron chi connectivity index (χ4n) is 1.99. The zero-order valence-corrected chi connectivity index (χ0v) is 12.9. The molecular formula is C16H18ClNO3. The minimum atomic E-state index is -0.130. The van der Waals surface area contributed by atoms with E-state index < -0.39 is 0 Å². The molecule has 1 aromatic carbocycles. The summed E-state index contributed by atoms with van der Waals surface area (Å²) in [5, 5.41) is 3.40. The van der Waals surface area contributed by atoms with E-state index in [0.717, 1.165) is 12.8 Å². The minimum Gasteiger partial charge on any atom is -0.493 e. The van der Waals surface area contributed by atoms with Crippen LogP contribution in [0, 0.1) is 0 Å². The number of hydrogen-bond donors (Lipinski definition) is 1. The van der Waals surface area contributed by atoms with Gasteiger partial charge in [0.15, 0.2) is 11.5 Å². The van der Waals surface area contributed by atoms with E-state index in [1.54, 1.807) is 31.4 Å². The fraction of sp³-hybridized carbons (Fsp3) is 0.312. The first-order chi connectivity index (χ1) is 10.2. The summed E-state index contributed by atoms with van der Waals surface area (Å²) in [4.78, 5) is 12.1. The van der Waals surface area contributed by atoms with Gasteiger partial charge in [0, 0.05) is 28.8 Å². The Kier molecular flexibility index (Phi) is 5.28. The summed E-state index contributed by atoms with van der Waals surface area (Å²) >= 11 is 6.06. The number of amides is 1. The largest absolute Gasteiger partial charge is 0.493 e. The van der Waals surface area contributed by atoms with Gasteiger partial charge >= 0.3 is 0 Å². The second kappa shape index (κ2) is 7.18. The maximum Gasteiger partial charge on any atom is 0.251 e. The van der Waals surface area contributed by atoms with Crippen LogP contribution in [0.25, 0.3) is 6.08 Å². The van der Waals surface area contributed by atoms with Gasteiger partial charge in [0.05, 0.1) is 13.4 Å². The van der Waals surface area contributed by atoms with Crippen molar-refractivity contribution in [2.24, 2.45) is 0 Å². The number of methoxy groups -OCH3 is 1. The third-order valence-electron chi connectivity index (χ3n) is 3.09. The highest BCUT2D eigenvalue weighted by Crippen LogP contribution is 2.37. The lowest BCUT2D eigenvalue weighted by molar-refractivity contribution is -0.117. The molecule has 5 heteroatoms. The molecule has 0 atom stereocenters. The van der Waals surface area contributed by atoms with Crippen molar-refractivity contribution in [2.45, 2.75) is 19.8 Å². The summed E-state index contributed by atoms with van der Waals surface area (Å²) in [5.41, 5.74) is 1.24. The number of nitrogens with one attached hydrogen (secondary N) is 1. The van der Waals surface area contributed by atoms with Crippen LogP contribution in [0.2, 0.25) is 5.02 Å². The molecule has 0 saturated heterocycles. The zero-order valence-electron chi connectivity index (χ0n) is 12.1. The fourth-order valence-corrected chi connectivity index (χ4v) is 2.20. The summed E-state index contributed by atoms with van der Waals surface area (Å²) < 4.78 is 10.8. The van der Waals surface area contributed by atoms with Gasteiger partial charge in [0.2, 0.25) is 0 Å². The van der Waals surface area contributed by atoms with Gasteiger partial charge in [0.25, 0.3) is 5.91 Å². The van der Waals surface area contributed by atoms with Gasteiger partial charge in [0.1, 0.15) is 0 Å². The molecule has 0 spiro atoms. The number of hydrogen-bond acceptors (Lipinski definition) is 3. The van der Waals surface area contributed by atoms with Gasteiger partial charge in [-0.05, 0) is 24.6 Å². The van der Waals surface area contributed by atoms with Crippen LogP contribution >= 0.6 is 11.6 Å². The number of carbonyl (C=O) groups is 1. The van der Waals surface area contributed by atoms with Gasteiger partial charge in [-0.25, -0.2) is 0 Å². The Balaban J connectivity index is 2.29. The van der Waals surface area contributed by atoms with Gasteiger partial charge < -0.3 is 14.8 Å². The summed E-state index contributed by atoms with van der Waals surface area (Å²) in [6.07, 6.45) is 6.85. The molecule has 0 aromatic heterocycles. The van der Waals surface area contributed by atoms with Crippen molar-refractivity contribution < 1.29 is 14.3 Å². The molecule has 0 saturated carbocycles. The first-order valence-electron chi connectivity index (χ1n) is 6.86. The first kappa shape index (κ1) is 15.4. The predicted octanol–water partition coefficient (Wildman–Crippen LogP) is 3.55. The summed E-state index contributed by atoms with van der Waals surface area (Å²) in [6.45, 7) is 2.74.